The summed E-state index contributed by atoms with van der Waals surface area (Å²) >= 11 is 2.01. The second kappa shape index (κ2) is 16.5. The number of benzene rings is 4. The van der Waals surface area contributed by atoms with E-state index in [4.69, 9.17) is 0 Å². The van der Waals surface area contributed by atoms with Crippen LogP contribution in [0.4, 0.5) is 11.4 Å². The van der Waals surface area contributed by atoms with Crippen LogP contribution in [0, 0.1) is 45.3 Å². The maximum atomic E-state index is 2.95. The van der Waals surface area contributed by atoms with Crippen molar-refractivity contribution >= 4 is 55.1 Å². The highest BCUT2D eigenvalue weighted by Crippen LogP contribution is 2.67. The molecule has 74 heavy (non-hydrogen) atoms. The summed E-state index contributed by atoms with van der Waals surface area (Å²) in [4.78, 5) is 2.95. The summed E-state index contributed by atoms with van der Waals surface area (Å²) in [6.45, 7) is 35.5. The van der Waals surface area contributed by atoms with Crippen LogP contribution in [-0.4, -0.2) is 12.8 Å². The molecule has 0 radical (unpaired) electrons. The predicted octanol–water partition coefficient (Wildman–Crippen LogP) is 19.0. The van der Waals surface area contributed by atoms with Crippen molar-refractivity contribution in [2.45, 2.75) is 178 Å². The molecule has 0 N–H and O–H groups in total. The van der Waals surface area contributed by atoms with Crippen molar-refractivity contribution in [1.82, 2.24) is 0 Å². The molecule has 0 spiro atoms. The van der Waals surface area contributed by atoms with Crippen molar-refractivity contribution in [2.24, 2.45) is 45.3 Å². The number of rotatable bonds is 4. The lowest BCUT2D eigenvalue weighted by Gasteiger charge is -2.52. The van der Waals surface area contributed by atoms with Crippen LogP contribution in [-0.2, 0) is 17.3 Å². The van der Waals surface area contributed by atoms with E-state index in [-0.39, 0.29) is 45.2 Å². The summed E-state index contributed by atoms with van der Waals surface area (Å²) < 4.78 is 2.82. The number of hydrogen-bond donors (Lipinski definition) is 0. The van der Waals surface area contributed by atoms with Gasteiger partial charge in [0, 0.05) is 33.1 Å². The summed E-state index contributed by atoms with van der Waals surface area (Å²) in [5.74, 6) is 2.50. The first kappa shape index (κ1) is 49.0. The Balaban J connectivity index is 1.04. The van der Waals surface area contributed by atoms with Gasteiger partial charge in [0.05, 0.1) is 10.4 Å². The van der Waals surface area contributed by atoms with Crippen molar-refractivity contribution in [3.8, 4) is 0 Å². The molecule has 8 atom stereocenters. The summed E-state index contributed by atoms with van der Waals surface area (Å²) in [5, 5.41) is 2.78. The van der Waals surface area contributed by atoms with Gasteiger partial charge < -0.3 is 4.90 Å². The molecule has 13 rings (SSSR count). The van der Waals surface area contributed by atoms with Crippen molar-refractivity contribution in [3.63, 3.8) is 0 Å². The molecule has 0 saturated heterocycles. The summed E-state index contributed by atoms with van der Waals surface area (Å²) in [5.41, 5.74) is 23.2. The number of hydrogen-bond acceptors (Lipinski definition) is 2. The Morgan fingerprint density at radius 2 is 1.55 bits per heavy atom. The Morgan fingerprint density at radius 1 is 0.784 bits per heavy atom. The second-order valence-electron chi connectivity index (χ2n) is 29.3. The fraction of sp³-hybridized carbons (Fsp3) is 0.493. The zero-order valence-electron chi connectivity index (χ0n) is 47.7. The molecule has 1 fully saturated rings. The lowest BCUT2D eigenvalue weighted by molar-refractivity contribution is 0.0794. The molecule has 3 heteroatoms. The standard InChI is InChI=1S/C71H84BNS/c1-42-34-45(67(5,6)7)40-61-64(42)72(58-39-46(68(8,9)10)37-52-51(58)41-53-47-22-15-17-25-54(47)69(11,12)63(52)53)57-31-28-43(36-60(57)73(61)59-26-21-24-49-48-23-16-18-27-62(48)74-65(49)59)35-55-50-30-29-44(66(2,3)4)38-56(50)71(14)33-20-19-32-70(55,71)13/h15-18,21-24,26-31,36-39,45,51-52,54-55,61H,19-20,25,32-35,40-41H2,1-14H3. The Kier molecular flexibility index (Phi) is 10.9. The largest absolute Gasteiger partial charge is 0.334 e. The van der Waals surface area contributed by atoms with Crippen LogP contribution in [0.3, 0.4) is 0 Å². The normalized spacial score (nSPS) is 30.2. The number of anilines is 2. The highest BCUT2D eigenvalue weighted by Gasteiger charge is 2.59. The van der Waals surface area contributed by atoms with Gasteiger partial charge in [-0.1, -0.05) is 216 Å². The third-order valence-electron chi connectivity index (χ3n) is 21.9. The van der Waals surface area contributed by atoms with Crippen LogP contribution in [0.5, 0.6) is 0 Å². The van der Waals surface area contributed by atoms with Crippen molar-refractivity contribution in [1.29, 1.82) is 0 Å². The van der Waals surface area contributed by atoms with E-state index >= 15 is 0 Å². The third kappa shape index (κ3) is 7.04. The van der Waals surface area contributed by atoms with E-state index in [1.54, 1.807) is 44.4 Å². The molecule has 7 aliphatic carbocycles. The predicted molar refractivity (Wildman–Crippen MR) is 321 cm³/mol. The Hall–Kier alpha value is -4.60. The van der Waals surface area contributed by atoms with Crippen molar-refractivity contribution in [3.05, 3.63) is 170 Å². The van der Waals surface area contributed by atoms with E-state index in [0.29, 0.717) is 29.6 Å². The van der Waals surface area contributed by atoms with Crippen LogP contribution in [0.1, 0.15) is 176 Å². The first-order valence-corrected chi connectivity index (χ1v) is 30.0. The van der Waals surface area contributed by atoms with Gasteiger partial charge >= 0.3 is 0 Å². The van der Waals surface area contributed by atoms with Gasteiger partial charge in [-0.15, -0.1) is 11.3 Å². The van der Waals surface area contributed by atoms with Crippen LogP contribution in [0.25, 0.3) is 20.2 Å². The fourth-order valence-corrected chi connectivity index (χ4v) is 18.7. The second-order valence-corrected chi connectivity index (χ2v) is 30.3. The third-order valence-corrected chi connectivity index (χ3v) is 23.2. The van der Waals surface area contributed by atoms with E-state index in [1.807, 2.05) is 11.3 Å². The minimum absolute atomic E-state index is 0.0295. The van der Waals surface area contributed by atoms with Gasteiger partial charge in [-0.25, -0.2) is 0 Å². The molecule has 1 nitrogen and oxygen atoms in total. The SMILES string of the molecule is CC1=C2B(C3=CC(C(C)(C)C)=CC4C5=C(CC34)C3=CC=CCC3C5(C)C)c3ccc(CC4c5ccc(C(C)(C)C)cc5C5(C)CCCCC45C)cc3N(c3cccc4c3sc3ccccc34)C2CC(C(C)(C)C)C1. The number of allylic oxidation sites excluding steroid dienone is 11. The maximum absolute atomic E-state index is 2.95. The van der Waals surface area contributed by atoms with Crippen molar-refractivity contribution in [2.75, 3.05) is 4.90 Å². The lowest BCUT2D eigenvalue weighted by atomic mass is 9.28. The van der Waals surface area contributed by atoms with E-state index < -0.39 is 0 Å². The summed E-state index contributed by atoms with van der Waals surface area (Å²) in [6, 6.07) is 32.5. The smallest absolute Gasteiger partial charge is 0.238 e. The average Bonchev–Trinajstić information content (AvgIpc) is 4.08. The topological polar surface area (TPSA) is 3.24 Å². The first-order chi connectivity index (χ1) is 35.0. The van der Waals surface area contributed by atoms with E-state index in [1.165, 1.54) is 85.8 Å². The minimum Gasteiger partial charge on any atom is -0.334 e. The van der Waals surface area contributed by atoms with Crippen LogP contribution >= 0.6 is 11.3 Å². The monoisotopic (exact) mass is 994 g/mol. The molecule has 0 amide bonds. The van der Waals surface area contributed by atoms with E-state index in [2.05, 4.69) is 211 Å². The zero-order chi connectivity index (χ0) is 51.8. The molecule has 382 valence electrons. The first-order valence-electron chi connectivity index (χ1n) is 29.2. The molecule has 2 heterocycles. The molecule has 8 unspecified atom stereocenters. The Morgan fingerprint density at radius 3 is 2.32 bits per heavy atom. The van der Waals surface area contributed by atoms with Crippen LogP contribution in [0.15, 0.2) is 148 Å². The number of thiophene rings is 1. The lowest BCUT2D eigenvalue weighted by Crippen LogP contribution is -2.56. The highest BCUT2D eigenvalue weighted by molar-refractivity contribution is 7.26. The maximum Gasteiger partial charge on any atom is 0.238 e. The van der Waals surface area contributed by atoms with Crippen LogP contribution in [0.2, 0.25) is 0 Å². The Bertz CT molecular complexity index is 3390. The average molecular weight is 994 g/mol. The zero-order valence-corrected chi connectivity index (χ0v) is 48.5. The van der Waals surface area contributed by atoms with Gasteiger partial charge in [0.1, 0.15) is 0 Å². The molecule has 4 aromatic carbocycles. The molecule has 1 aromatic heterocycles. The van der Waals surface area contributed by atoms with Gasteiger partial charge in [0.25, 0.3) is 0 Å². The van der Waals surface area contributed by atoms with Crippen LogP contribution < -0.4 is 10.4 Å². The summed E-state index contributed by atoms with van der Waals surface area (Å²) in [7, 11) is 0. The Labute approximate surface area is 450 Å². The fourth-order valence-electron chi connectivity index (χ4n) is 17.5. The van der Waals surface area contributed by atoms with Crippen molar-refractivity contribution < 1.29 is 0 Å². The van der Waals surface area contributed by atoms with E-state index in [9.17, 15) is 0 Å². The molecule has 0 bridgehead atoms. The molecule has 5 aromatic rings. The number of nitrogens with zero attached hydrogens (tertiary/aromatic N) is 1. The van der Waals surface area contributed by atoms with Gasteiger partial charge in [-0.2, -0.15) is 0 Å². The van der Waals surface area contributed by atoms with Gasteiger partial charge in [-0.05, 0) is 171 Å². The summed E-state index contributed by atoms with van der Waals surface area (Å²) in [6.07, 6.45) is 23.8. The minimum atomic E-state index is 0.0295. The molecular formula is C71H84BNS. The molecular weight excluding hydrogens is 910 g/mol. The van der Waals surface area contributed by atoms with E-state index in [0.717, 1.165) is 25.7 Å². The molecule has 1 saturated carbocycles. The highest BCUT2D eigenvalue weighted by atomic mass is 32.1. The van der Waals surface area contributed by atoms with Gasteiger partial charge in [0.15, 0.2) is 0 Å². The molecule has 1 aliphatic heterocycles. The quantitative estimate of drug-likeness (QED) is 0.162. The van der Waals surface area contributed by atoms with Gasteiger partial charge in [0.2, 0.25) is 6.71 Å². The molecule has 8 aliphatic rings. The van der Waals surface area contributed by atoms with Gasteiger partial charge in [-0.3, -0.25) is 0 Å². The number of fused-ring (bicyclic) bond motifs is 12.